The molecule has 2 atom stereocenters. The molecule has 0 radical (unpaired) electrons. The molecular formula is C14H20O2. The smallest absolute Gasteiger partial charge is 0.308 e. The Labute approximate surface area is 97.6 Å². The number of hydrogen-bond acceptors (Lipinski definition) is 2. The van der Waals surface area contributed by atoms with Crippen LogP contribution >= 0.6 is 0 Å². The Kier molecular flexibility index (Phi) is 5.03. The van der Waals surface area contributed by atoms with Crippen LogP contribution in [0, 0.1) is 5.92 Å². The molecule has 0 N–H and O–H groups in total. The molecule has 1 aromatic carbocycles. The molecule has 0 aliphatic rings. The van der Waals surface area contributed by atoms with Crippen LogP contribution in [-0.4, -0.2) is 12.1 Å². The van der Waals surface area contributed by atoms with Crippen LogP contribution in [0.25, 0.3) is 0 Å². The summed E-state index contributed by atoms with van der Waals surface area (Å²) in [7, 11) is 0. The van der Waals surface area contributed by atoms with E-state index in [0.717, 1.165) is 12.8 Å². The first-order chi connectivity index (χ1) is 7.63. The van der Waals surface area contributed by atoms with Crippen molar-refractivity contribution in [3.05, 3.63) is 35.9 Å². The molecule has 0 saturated heterocycles. The van der Waals surface area contributed by atoms with Gasteiger partial charge in [-0.05, 0) is 18.9 Å². The summed E-state index contributed by atoms with van der Waals surface area (Å²) >= 11 is 0. The van der Waals surface area contributed by atoms with Crippen LogP contribution in [0.5, 0.6) is 0 Å². The summed E-state index contributed by atoms with van der Waals surface area (Å²) < 4.78 is 5.37. The van der Waals surface area contributed by atoms with Crippen molar-refractivity contribution >= 4 is 5.97 Å². The van der Waals surface area contributed by atoms with Gasteiger partial charge >= 0.3 is 5.97 Å². The van der Waals surface area contributed by atoms with Crippen molar-refractivity contribution in [3.8, 4) is 0 Å². The Balaban J connectivity index is 2.42. The van der Waals surface area contributed by atoms with Gasteiger partial charge in [-0.15, -0.1) is 0 Å². The highest BCUT2D eigenvalue weighted by molar-refractivity contribution is 5.72. The van der Waals surface area contributed by atoms with E-state index < -0.39 is 0 Å². The first-order valence-electron chi connectivity index (χ1n) is 5.88. The lowest BCUT2D eigenvalue weighted by molar-refractivity contribution is -0.152. The highest BCUT2D eigenvalue weighted by Crippen LogP contribution is 2.09. The summed E-state index contributed by atoms with van der Waals surface area (Å²) in [6, 6.07) is 10.1. The molecular weight excluding hydrogens is 200 g/mol. The van der Waals surface area contributed by atoms with E-state index in [2.05, 4.69) is 0 Å². The number of hydrogen-bond donors (Lipinski definition) is 0. The fourth-order valence-corrected chi connectivity index (χ4v) is 1.47. The third-order valence-corrected chi connectivity index (χ3v) is 2.70. The molecule has 2 heteroatoms. The summed E-state index contributed by atoms with van der Waals surface area (Å²) in [4.78, 5) is 11.6. The van der Waals surface area contributed by atoms with Gasteiger partial charge in [-0.25, -0.2) is 0 Å². The van der Waals surface area contributed by atoms with Gasteiger partial charge in [0, 0.05) is 6.42 Å². The maximum atomic E-state index is 11.6. The number of benzene rings is 1. The first kappa shape index (κ1) is 12.8. The zero-order valence-electron chi connectivity index (χ0n) is 10.3. The topological polar surface area (TPSA) is 26.3 Å². The fourth-order valence-electron chi connectivity index (χ4n) is 1.47. The Morgan fingerprint density at radius 3 is 2.44 bits per heavy atom. The summed E-state index contributed by atoms with van der Waals surface area (Å²) in [5.74, 6) is -0.0934. The summed E-state index contributed by atoms with van der Waals surface area (Å²) in [5, 5.41) is 0. The SMILES string of the molecule is CCC(C)C(=O)O[C@@H](C)Cc1ccccc1. The summed E-state index contributed by atoms with van der Waals surface area (Å²) in [6.07, 6.45) is 1.56. The summed E-state index contributed by atoms with van der Waals surface area (Å²) in [6.45, 7) is 5.83. The van der Waals surface area contributed by atoms with Gasteiger partial charge in [0.25, 0.3) is 0 Å². The van der Waals surface area contributed by atoms with Gasteiger partial charge < -0.3 is 4.74 Å². The minimum atomic E-state index is -0.0917. The molecule has 2 nitrogen and oxygen atoms in total. The van der Waals surface area contributed by atoms with Gasteiger partial charge in [0.15, 0.2) is 0 Å². The van der Waals surface area contributed by atoms with Crippen LogP contribution < -0.4 is 0 Å². The van der Waals surface area contributed by atoms with Crippen molar-refractivity contribution in [2.45, 2.75) is 39.7 Å². The predicted molar refractivity (Wildman–Crippen MR) is 65.2 cm³/mol. The van der Waals surface area contributed by atoms with E-state index >= 15 is 0 Å². The molecule has 0 spiro atoms. The van der Waals surface area contributed by atoms with E-state index in [1.165, 1.54) is 5.56 Å². The van der Waals surface area contributed by atoms with Gasteiger partial charge in [0.05, 0.1) is 5.92 Å². The highest BCUT2D eigenvalue weighted by Gasteiger charge is 2.15. The fraction of sp³-hybridized carbons (Fsp3) is 0.500. The zero-order chi connectivity index (χ0) is 12.0. The predicted octanol–water partition coefficient (Wildman–Crippen LogP) is 3.21. The molecule has 1 aromatic rings. The lowest BCUT2D eigenvalue weighted by atomic mass is 10.1. The van der Waals surface area contributed by atoms with Gasteiger partial charge in [-0.1, -0.05) is 44.2 Å². The van der Waals surface area contributed by atoms with E-state index in [9.17, 15) is 4.79 Å². The second-order valence-electron chi connectivity index (χ2n) is 4.25. The van der Waals surface area contributed by atoms with E-state index in [1.54, 1.807) is 0 Å². The number of ether oxygens (including phenoxy) is 1. The second kappa shape index (κ2) is 6.31. The first-order valence-corrected chi connectivity index (χ1v) is 5.88. The van der Waals surface area contributed by atoms with Gasteiger partial charge in [-0.2, -0.15) is 0 Å². The van der Waals surface area contributed by atoms with Crippen molar-refractivity contribution in [2.24, 2.45) is 5.92 Å². The van der Waals surface area contributed by atoms with Gasteiger partial charge in [0.1, 0.15) is 6.10 Å². The average molecular weight is 220 g/mol. The molecule has 0 saturated carbocycles. The quantitative estimate of drug-likeness (QED) is 0.712. The average Bonchev–Trinajstić information content (AvgIpc) is 2.29. The third-order valence-electron chi connectivity index (χ3n) is 2.70. The normalized spacial score (nSPS) is 14.2. The van der Waals surface area contributed by atoms with Crippen molar-refractivity contribution in [2.75, 3.05) is 0 Å². The van der Waals surface area contributed by atoms with E-state index in [4.69, 9.17) is 4.74 Å². The standard InChI is InChI=1S/C14H20O2/c1-4-11(2)14(15)16-12(3)10-13-8-6-5-7-9-13/h5-9,11-12H,4,10H2,1-3H3/t11?,12-/m0/s1. The lowest BCUT2D eigenvalue weighted by Gasteiger charge is -2.16. The van der Waals surface area contributed by atoms with E-state index in [-0.39, 0.29) is 18.0 Å². The molecule has 0 bridgehead atoms. The number of esters is 1. The maximum absolute atomic E-state index is 11.6. The van der Waals surface area contributed by atoms with Crippen molar-refractivity contribution in [1.82, 2.24) is 0 Å². The Morgan fingerprint density at radius 1 is 1.25 bits per heavy atom. The van der Waals surface area contributed by atoms with Crippen LogP contribution in [0.1, 0.15) is 32.8 Å². The largest absolute Gasteiger partial charge is 0.462 e. The van der Waals surface area contributed by atoms with Crippen LogP contribution in [-0.2, 0) is 16.0 Å². The number of carbonyl (C=O) groups excluding carboxylic acids is 1. The Morgan fingerprint density at radius 2 is 1.88 bits per heavy atom. The molecule has 88 valence electrons. The number of carbonyl (C=O) groups is 1. The monoisotopic (exact) mass is 220 g/mol. The Hall–Kier alpha value is -1.31. The number of rotatable bonds is 5. The molecule has 0 fully saturated rings. The third kappa shape index (κ3) is 4.05. The maximum Gasteiger partial charge on any atom is 0.308 e. The minimum Gasteiger partial charge on any atom is -0.462 e. The van der Waals surface area contributed by atoms with Crippen LogP contribution in [0.2, 0.25) is 0 Å². The van der Waals surface area contributed by atoms with Crippen molar-refractivity contribution in [3.63, 3.8) is 0 Å². The Bertz CT molecular complexity index is 319. The molecule has 1 rings (SSSR count). The van der Waals surface area contributed by atoms with Crippen LogP contribution in [0.15, 0.2) is 30.3 Å². The molecule has 0 aliphatic heterocycles. The molecule has 0 amide bonds. The van der Waals surface area contributed by atoms with E-state index in [1.807, 2.05) is 51.1 Å². The second-order valence-corrected chi connectivity index (χ2v) is 4.25. The van der Waals surface area contributed by atoms with E-state index in [0.29, 0.717) is 0 Å². The highest BCUT2D eigenvalue weighted by atomic mass is 16.5. The lowest BCUT2D eigenvalue weighted by Crippen LogP contribution is -2.21. The molecule has 1 unspecified atom stereocenters. The van der Waals surface area contributed by atoms with Crippen molar-refractivity contribution in [1.29, 1.82) is 0 Å². The molecule has 0 aromatic heterocycles. The van der Waals surface area contributed by atoms with Gasteiger partial charge in [-0.3, -0.25) is 4.79 Å². The van der Waals surface area contributed by atoms with Crippen LogP contribution in [0.3, 0.4) is 0 Å². The molecule has 0 aliphatic carbocycles. The molecule has 16 heavy (non-hydrogen) atoms. The summed E-state index contributed by atoms with van der Waals surface area (Å²) in [5.41, 5.74) is 1.20. The van der Waals surface area contributed by atoms with Gasteiger partial charge in [0.2, 0.25) is 0 Å². The molecule has 0 heterocycles. The van der Waals surface area contributed by atoms with Crippen LogP contribution in [0.4, 0.5) is 0 Å². The minimum absolute atomic E-state index is 0.00165. The van der Waals surface area contributed by atoms with Crippen molar-refractivity contribution < 1.29 is 9.53 Å². The zero-order valence-corrected chi connectivity index (χ0v) is 10.3.